The molecule has 0 bridgehead atoms. The monoisotopic (exact) mass is 589 g/mol. The third kappa shape index (κ3) is 6.48. The zero-order valence-corrected chi connectivity index (χ0v) is 23.7. The van der Waals surface area contributed by atoms with Crippen LogP contribution >= 0.6 is 0 Å². The van der Waals surface area contributed by atoms with E-state index in [0.29, 0.717) is 63.9 Å². The van der Waals surface area contributed by atoms with Gasteiger partial charge in [0.15, 0.2) is 11.5 Å². The Morgan fingerprint density at radius 3 is 2.37 bits per heavy atom. The molecule has 1 saturated heterocycles. The van der Waals surface area contributed by atoms with Crippen LogP contribution in [0.4, 0.5) is 20.2 Å². The maximum Gasteiger partial charge on any atom is 0.263 e. The Bertz CT molecular complexity index is 1740. The number of methoxy groups -OCH3 is 2. The van der Waals surface area contributed by atoms with Gasteiger partial charge in [-0.3, -0.25) is 9.59 Å². The lowest BCUT2D eigenvalue weighted by molar-refractivity contribution is -0.118. The van der Waals surface area contributed by atoms with Crippen LogP contribution in [0.3, 0.4) is 0 Å². The molecule has 1 aromatic heterocycles. The maximum atomic E-state index is 14.2. The number of allylic oxidation sites excluding steroid dienone is 1. The second kappa shape index (κ2) is 12.7. The van der Waals surface area contributed by atoms with Gasteiger partial charge < -0.3 is 30.2 Å². The smallest absolute Gasteiger partial charge is 0.263 e. The van der Waals surface area contributed by atoms with Crippen LogP contribution in [0.2, 0.25) is 0 Å². The highest BCUT2D eigenvalue weighted by atomic mass is 19.1. The molecule has 222 valence electrons. The van der Waals surface area contributed by atoms with E-state index in [0.717, 1.165) is 31.0 Å². The molecule has 0 atom stereocenters. The van der Waals surface area contributed by atoms with Crippen molar-refractivity contribution in [2.24, 2.45) is 0 Å². The van der Waals surface area contributed by atoms with Gasteiger partial charge >= 0.3 is 0 Å². The number of halogens is 2. The Kier molecular flexibility index (Phi) is 8.65. The maximum absolute atomic E-state index is 14.2. The first-order chi connectivity index (χ1) is 20.8. The molecule has 3 aromatic carbocycles. The third-order valence-corrected chi connectivity index (χ3v) is 6.87. The van der Waals surface area contributed by atoms with Crippen LogP contribution in [-0.4, -0.2) is 42.5 Å². The predicted octanol–water partition coefficient (Wildman–Crippen LogP) is 5.63. The average molecular weight is 590 g/mol. The topological polar surface area (TPSA) is 124 Å². The highest BCUT2D eigenvalue weighted by Gasteiger charge is 2.26. The van der Waals surface area contributed by atoms with Gasteiger partial charge in [0.05, 0.1) is 30.8 Å². The lowest BCUT2D eigenvalue weighted by atomic mass is 10.0. The van der Waals surface area contributed by atoms with Gasteiger partial charge in [-0.25, -0.2) is 18.7 Å². The molecule has 3 N–H and O–H groups in total. The van der Waals surface area contributed by atoms with Crippen LogP contribution in [0.5, 0.6) is 23.1 Å². The number of ether oxygens (including phenoxy) is 3. The number of hydrogen-bond donors (Lipinski definition) is 3. The van der Waals surface area contributed by atoms with Crippen molar-refractivity contribution in [2.75, 3.05) is 31.4 Å². The molecule has 5 rings (SSSR count). The summed E-state index contributed by atoms with van der Waals surface area (Å²) in [6.45, 7) is 2.37. The molecule has 0 radical (unpaired) electrons. The van der Waals surface area contributed by atoms with Gasteiger partial charge in [-0.1, -0.05) is 0 Å². The van der Waals surface area contributed by atoms with Crippen molar-refractivity contribution in [3.8, 4) is 23.1 Å². The number of amides is 2. The number of anilines is 2. The summed E-state index contributed by atoms with van der Waals surface area (Å²) in [5, 5.41) is 8.78. The summed E-state index contributed by atoms with van der Waals surface area (Å²) in [6, 6.07) is 11.1. The third-order valence-electron chi connectivity index (χ3n) is 6.87. The fraction of sp³-hybridized carbons (Fsp3) is 0.226. The summed E-state index contributed by atoms with van der Waals surface area (Å²) in [4.78, 5) is 35.2. The van der Waals surface area contributed by atoms with E-state index in [1.165, 1.54) is 20.5 Å². The summed E-state index contributed by atoms with van der Waals surface area (Å²) in [7, 11) is 3.06. The van der Waals surface area contributed by atoms with Gasteiger partial charge in [-0.05, 0) is 68.1 Å². The number of aryl methyl sites for hydroxylation is 1. The van der Waals surface area contributed by atoms with E-state index in [-0.39, 0.29) is 11.3 Å². The van der Waals surface area contributed by atoms with Crippen molar-refractivity contribution in [1.82, 2.24) is 15.3 Å². The molecular formula is C31H29F2N5O5. The molecule has 10 nitrogen and oxygen atoms in total. The molecular weight excluding hydrogens is 560 g/mol. The first-order valence-electron chi connectivity index (χ1n) is 13.5. The summed E-state index contributed by atoms with van der Waals surface area (Å²) in [6.07, 6.45) is 3.48. The summed E-state index contributed by atoms with van der Waals surface area (Å²) >= 11 is 0. The fourth-order valence-corrected chi connectivity index (χ4v) is 4.70. The van der Waals surface area contributed by atoms with Crippen molar-refractivity contribution < 1.29 is 32.6 Å². The van der Waals surface area contributed by atoms with E-state index < -0.39 is 23.4 Å². The first-order valence-corrected chi connectivity index (χ1v) is 13.5. The number of rotatable bonds is 8. The zero-order chi connectivity index (χ0) is 30.5. The molecule has 2 amide bonds. The van der Waals surface area contributed by atoms with Crippen molar-refractivity contribution in [2.45, 2.75) is 26.2 Å². The van der Waals surface area contributed by atoms with E-state index in [1.54, 1.807) is 37.3 Å². The van der Waals surface area contributed by atoms with Crippen molar-refractivity contribution in [1.29, 1.82) is 0 Å². The SMILES string of the molecule is COc1cc2ncnc(Oc3ccc(NC(=O)/C(C(=O)Nc4cc(F)ccc4F)=C4\CCCCN4)cc3C)c2cc1OC. The Morgan fingerprint density at radius 1 is 0.884 bits per heavy atom. The van der Waals surface area contributed by atoms with Crippen LogP contribution < -0.4 is 30.2 Å². The number of hydrogen-bond acceptors (Lipinski definition) is 8. The number of piperidine rings is 1. The molecule has 1 aliphatic heterocycles. The molecule has 2 heterocycles. The summed E-state index contributed by atoms with van der Waals surface area (Å²) in [5.74, 6) is -1.33. The number of nitrogens with one attached hydrogen (secondary N) is 3. The lowest BCUT2D eigenvalue weighted by Gasteiger charge is -2.21. The second-order valence-corrected chi connectivity index (χ2v) is 9.76. The minimum absolute atomic E-state index is 0.210. The van der Waals surface area contributed by atoms with Gasteiger partial charge in [0.1, 0.15) is 29.3 Å². The summed E-state index contributed by atoms with van der Waals surface area (Å²) in [5.41, 5.74) is 1.51. The van der Waals surface area contributed by atoms with Crippen LogP contribution in [-0.2, 0) is 9.59 Å². The number of fused-ring (bicyclic) bond motifs is 1. The van der Waals surface area contributed by atoms with E-state index in [2.05, 4.69) is 25.9 Å². The van der Waals surface area contributed by atoms with Crippen LogP contribution in [0, 0.1) is 18.6 Å². The van der Waals surface area contributed by atoms with Gasteiger partial charge in [0, 0.05) is 30.1 Å². The Morgan fingerprint density at radius 2 is 1.65 bits per heavy atom. The van der Waals surface area contributed by atoms with Crippen molar-refractivity contribution >= 4 is 34.1 Å². The van der Waals surface area contributed by atoms with Gasteiger partial charge in [-0.2, -0.15) is 0 Å². The van der Waals surface area contributed by atoms with Gasteiger partial charge in [0.25, 0.3) is 11.8 Å². The number of benzene rings is 3. The molecule has 0 aliphatic carbocycles. The largest absolute Gasteiger partial charge is 0.493 e. The van der Waals surface area contributed by atoms with Crippen LogP contribution in [0.1, 0.15) is 24.8 Å². The second-order valence-electron chi connectivity index (χ2n) is 9.76. The van der Waals surface area contributed by atoms with E-state index in [4.69, 9.17) is 14.2 Å². The van der Waals surface area contributed by atoms with Crippen LogP contribution in [0.25, 0.3) is 10.9 Å². The molecule has 4 aromatic rings. The quantitative estimate of drug-likeness (QED) is 0.137. The predicted molar refractivity (Wildman–Crippen MR) is 156 cm³/mol. The standard InChI is InChI=1S/C31H29F2N5O5/c1-17-12-19(8-10-25(17)43-31-20-14-26(41-2)27(42-3)15-23(20)35-16-36-31)37-29(39)28(22-6-4-5-11-34-22)30(40)38-24-13-18(32)7-9-21(24)33/h7-10,12-16,34H,4-6,11H2,1-3H3,(H,37,39)(H,38,40)/b28-22-. The Hall–Kier alpha value is -5.26. The van der Waals surface area contributed by atoms with E-state index >= 15 is 0 Å². The average Bonchev–Trinajstić information content (AvgIpc) is 3.00. The number of aromatic nitrogens is 2. The fourth-order valence-electron chi connectivity index (χ4n) is 4.70. The molecule has 0 saturated carbocycles. The minimum atomic E-state index is -0.856. The summed E-state index contributed by atoms with van der Waals surface area (Å²) < 4.78 is 44.8. The van der Waals surface area contributed by atoms with Crippen LogP contribution in [0.15, 0.2) is 66.1 Å². The number of nitrogens with zero attached hydrogens (tertiary/aromatic N) is 2. The van der Waals surface area contributed by atoms with Gasteiger partial charge in [0.2, 0.25) is 5.88 Å². The van der Waals surface area contributed by atoms with E-state index in [1.807, 2.05) is 0 Å². The Labute approximate surface area is 246 Å². The Balaban J connectivity index is 1.38. The highest BCUT2D eigenvalue weighted by molar-refractivity contribution is 6.26. The van der Waals surface area contributed by atoms with Gasteiger partial charge in [-0.15, -0.1) is 0 Å². The molecule has 1 fully saturated rings. The molecule has 1 aliphatic rings. The number of carbonyl (C=O) groups is 2. The first kappa shape index (κ1) is 29.2. The molecule has 43 heavy (non-hydrogen) atoms. The highest BCUT2D eigenvalue weighted by Crippen LogP contribution is 2.36. The van der Waals surface area contributed by atoms with Crippen molar-refractivity contribution in [3.05, 3.63) is 83.3 Å². The lowest BCUT2D eigenvalue weighted by Crippen LogP contribution is -2.32. The molecule has 0 spiro atoms. The van der Waals surface area contributed by atoms with E-state index in [9.17, 15) is 18.4 Å². The number of carbonyl (C=O) groups excluding carboxylic acids is 2. The minimum Gasteiger partial charge on any atom is -0.493 e. The zero-order valence-electron chi connectivity index (χ0n) is 23.7. The molecule has 12 heteroatoms. The van der Waals surface area contributed by atoms with Crippen molar-refractivity contribution in [3.63, 3.8) is 0 Å². The molecule has 0 unspecified atom stereocenters. The normalized spacial score (nSPS) is 14.0.